The normalized spacial score (nSPS) is 11.0. The van der Waals surface area contributed by atoms with E-state index in [2.05, 4.69) is 46.8 Å². The Labute approximate surface area is 178 Å². The van der Waals surface area contributed by atoms with Crippen LogP contribution in [0.15, 0.2) is 78.0 Å². The van der Waals surface area contributed by atoms with Gasteiger partial charge in [0.1, 0.15) is 0 Å². The molecular weight excluding hydrogens is 449 g/mol. The summed E-state index contributed by atoms with van der Waals surface area (Å²) in [6.07, 6.45) is 4.68. The summed E-state index contributed by atoms with van der Waals surface area (Å²) < 4.78 is 1.86. The second-order valence-corrected chi connectivity index (χ2v) is 6.31. The summed E-state index contributed by atoms with van der Waals surface area (Å²) in [4.78, 5) is 6.71. The number of rotatable bonds is 6. The van der Waals surface area contributed by atoms with Crippen LogP contribution in [0.5, 0.6) is 0 Å². The maximum atomic E-state index is 4.69. The zero-order chi connectivity index (χ0) is 18.2. The highest BCUT2D eigenvalue weighted by Crippen LogP contribution is 2.09. The third-order valence-corrected chi connectivity index (χ3v) is 4.08. The molecule has 0 saturated carbocycles. The van der Waals surface area contributed by atoms with Gasteiger partial charge in [0.15, 0.2) is 5.96 Å². The number of benzene rings is 2. The van der Waals surface area contributed by atoms with Crippen molar-refractivity contribution in [2.75, 3.05) is 20.6 Å². The summed E-state index contributed by atoms with van der Waals surface area (Å²) in [5.41, 5.74) is 3.57. The molecule has 3 rings (SSSR count). The first-order valence-corrected chi connectivity index (χ1v) is 8.81. The minimum atomic E-state index is 0. The second-order valence-electron chi connectivity index (χ2n) is 6.31. The molecule has 2 aromatic carbocycles. The zero-order valence-corrected chi connectivity index (χ0v) is 18.1. The van der Waals surface area contributed by atoms with Crippen LogP contribution in [0.25, 0.3) is 5.69 Å². The number of nitrogens with one attached hydrogen (secondary N) is 1. The van der Waals surface area contributed by atoms with Gasteiger partial charge in [-0.3, -0.25) is 0 Å². The Morgan fingerprint density at radius 2 is 1.74 bits per heavy atom. The van der Waals surface area contributed by atoms with Crippen molar-refractivity contribution in [3.63, 3.8) is 0 Å². The van der Waals surface area contributed by atoms with E-state index in [4.69, 9.17) is 4.99 Å². The number of hydrogen-bond acceptors (Lipinski definition) is 2. The lowest BCUT2D eigenvalue weighted by Gasteiger charge is -2.17. The number of halogens is 1. The van der Waals surface area contributed by atoms with Gasteiger partial charge in [0.05, 0.1) is 12.2 Å². The molecule has 0 bridgehead atoms. The largest absolute Gasteiger partial charge is 0.356 e. The molecule has 3 aromatic rings. The number of hydrogen-bond donors (Lipinski definition) is 1. The molecule has 1 heterocycles. The van der Waals surface area contributed by atoms with Crippen LogP contribution in [-0.4, -0.2) is 41.3 Å². The first-order chi connectivity index (χ1) is 12.7. The van der Waals surface area contributed by atoms with Crippen LogP contribution in [0.2, 0.25) is 0 Å². The average Bonchev–Trinajstić information content (AvgIpc) is 3.20. The number of nitrogens with zero attached hydrogens (tertiary/aromatic N) is 4. The molecule has 0 fully saturated rings. The first-order valence-electron chi connectivity index (χ1n) is 8.81. The maximum Gasteiger partial charge on any atom is 0.193 e. The molecule has 6 heteroatoms. The van der Waals surface area contributed by atoms with Crippen molar-refractivity contribution < 1.29 is 0 Å². The Hall–Kier alpha value is -2.35. The van der Waals surface area contributed by atoms with E-state index < -0.39 is 0 Å². The molecule has 27 heavy (non-hydrogen) atoms. The Morgan fingerprint density at radius 3 is 2.37 bits per heavy atom. The van der Waals surface area contributed by atoms with E-state index in [0.29, 0.717) is 6.54 Å². The van der Waals surface area contributed by atoms with Gasteiger partial charge in [-0.2, -0.15) is 5.10 Å². The van der Waals surface area contributed by atoms with Crippen LogP contribution in [-0.2, 0) is 13.0 Å². The van der Waals surface area contributed by atoms with Crippen LogP contribution in [0.1, 0.15) is 11.1 Å². The topological polar surface area (TPSA) is 45.5 Å². The molecule has 5 nitrogen and oxygen atoms in total. The summed E-state index contributed by atoms with van der Waals surface area (Å²) in [5.74, 6) is 0.905. The van der Waals surface area contributed by atoms with Gasteiger partial charge in [-0.1, -0.05) is 42.5 Å². The lowest BCUT2D eigenvalue weighted by molar-refractivity contribution is 0.579. The Morgan fingerprint density at radius 1 is 1.00 bits per heavy atom. The second kappa shape index (κ2) is 10.7. The molecule has 1 aromatic heterocycles. The fraction of sp³-hybridized carbons (Fsp3) is 0.238. The van der Waals surface area contributed by atoms with Crippen molar-refractivity contribution in [2.45, 2.75) is 13.0 Å². The van der Waals surface area contributed by atoms with Crippen molar-refractivity contribution in [3.05, 3.63) is 84.2 Å². The highest BCUT2D eigenvalue weighted by Gasteiger charge is 2.02. The van der Waals surface area contributed by atoms with Crippen molar-refractivity contribution in [3.8, 4) is 5.69 Å². The predicted octanol–water partition coefficient (Wildman–Crippen LogP) is 3.74. The van der Waals surface area contributed by atoms with E-state index in [9.17, 15) is 0 Å². The molecule has 0 aliphatic carbocycles. The van der Waals surface area contributed by atoms with Crippen LogP contribution in [0.4, 0.5) is 0 Å². The summed E-state index contributed by atoms with van der Waals surface area (Å²) in [6.45, 7) is 1.52. The fourth-order valence-corrected chi connectivity index (χ4v) is 2.66. The summed E-state index contributed by atoms with van der Waals surface area (Å²) >= 11 is 0. The van der Waals surface area contributed by atoms with Crippen LogP contribution >= 0.6 is 24.0 Å². The molecular formula is C21H26IN5. The SMILES string of the molecule is CN(C)C(=NCc1ccccc1)NCCc1ccc(-n2cccn2)cc1.I. The average molecular weight is 475 g/mol. The zero-order valence-electron chi connectivity index (χ0n) is 15.7. The van der Waals surface area contributed by atoms with E-state index in [-0.39, 0.29) is 24.0 Å². The van der Waals surface area contributed by atoms with E-state index in [1.807, 2.05) is 54.1 Å². The monoisotopic (exact) mass is 475 g/mol. The van der Waals surface area contributed by atoms with E-state index in [1.54, 1.807) is 6.20 Å². The van der Waals surface area contributed by atoms with Gasteiger partial charge in [-0.05, 0) is 35.7 Å². The Bertz CT molecular complexity index is 812. The number of aromatic nitrogens is 2. The van der Waals surface area contributed by atoms with Crippen LogP contribution in [0.3, 0.4) is 0 Å². The third-order valence-electron chi connectivity index (χ3n) is 4.08. The molecule has 0 unspecified atom stereocenters. The third kappa shape index (κ3) is 6.39. The van der Waals surface area contributed by atoms with Gasteiger partial charge in [0.25, 0.3) is 0 Å². The summed E-state index contributed by atoms with van der Waals surface area (Å²) in [5, 5.41) is 7.69. The molecule has 0 saturated heterocycles. The molecule has 0 amide bonds. The van der Waals surface area contributed by atoms with Crippen molar-refractivity contribution in [1.29, 1.82) is 0 Å². The van der Waals surface area contributed by atoms with E-state index >= 15 is 0 Å². The minimum Gasteiger partial charge on any atom is -0.356 e. The van der Waals surface area contributed by atoms with Crippen molar-refractivity contribution in [2.24, 2.45) is 4.99 Å². The highest BCUT2D eigenvalue weighted by molar-refractivity contribution is 14.0. The highest BCUT2D eigenvalue weighted by atomic mass is 127. The standard InChI is InChI=1S/C21H25N5.HI/c1-25(2)21(23-17-19-7-4-3-5-8-19)22-15-13-18-9-11-20(12-10-18)26-16-6-14-24-26;/h3-12,14,16H,13,15,17H2,1-2H3,(H,22,23);1H. The summed E-state index contributed by atoms with van der Waals surface area (Å²) in [7, 11) is 4.02. The predicted molar refractivity (Wildman–Crippen MR) is 122 cm³/mol. The molecule has 0 aliphatic rings. The number of aliphatic imine (C=N–C) groups is 1. The van der Waals surface area contributed by atoms with Gasteiger partial charge < -0.3 is 10.2 Å². The molecule has 142 valence electrons. The molecule has 0 radical (unpaired) electrons. The van der Waals surface area contributed by atoms with Gasteiger partial charge in [0, 0.05) is 33.0 Å². The first kappa shape index (κ1) is 21.0. The Kier molecular flexibility index (Phi) is 8.32. The molecule has 0 aliphatic heterocycles. The number of guanidine groups is 1. The maximum absolute atomic E-state index is 4.69. The Balaban J connectivity index is 0.00000261. The molecule has 0 atom stereocenters. The lowest BCUT2D eigenvalue weighted by atomic mass is 10.1. The summed E-state index contributed by atoms with van der Waals surface area (Å²) in [6, 6.07) is 20.7. The van der Waals surface area contributed by atoms with Gasteiger partial charge >= 0.3 is 0 Å². The van der Waals surface area contributed by atoms with Gasteiger partial charge in [0.2, 0.25) is 0 Å². The van der Waals surface area contributed by atoms with Gasteiger partial charge in [-0.15, -0.1) is 24.0 Å². The fourth-order valence-electron chi connectivity index (χ4n) is 2.66. The van der Waals surface area contributed by atoms with E-state index in [0.717, 1.165) is 24.6 Å². The quantitative estimate of drug-likeness (QED) is 0.336. The molecule has 1 N–H and O–H groups in total. The van der Waals surface area contributed by atoms with Crippen molar-refractivity contribution >= 4 is 29.9 Å². The minimum absolute atomic E-state index is 0. The molecule has 0 spiro atoms. The smallest absolute Gasteiger partial charge is 0.193 e. The van der Waals surface area contributed by atoms with Crippen LogP contribution in [0, 0.1) is 0 Å². The van der Waals surface area contributed by atoms with E-state index in [1.165, 1.54) is 11.1 Å². The van der Waals surface area contributed by atoms with Gasteiger partial charge in [-0.25, -0.2) is 9.67 Å². The lowest BCUT2D eigenvalue weighted by Crippen LogP contribution is -2.37. The van der Waals surface area contributed by atoms with Crippen molar-refractivity contribution in [1.82, 2.24) is 20.0 Å². The van der Waals surface area contributed by atoms with Crippen LogP contribution < -0.4 is 5.32 Å².